The first-order valence-corrected chi connectivity index (χ1v) is 7.95. The van der Waals surface area contributed by atoms with E-state index >= 15 is 0 Å². The van der Waals surface area contributed by atoms with Crippen molar-refractivity contribution in [1.29, 1.82) is 5.26 Å². The molecule has 0 amide bonds. The summed E-state index contributed by atoms with van der Waals surface area (Å²) >= 11 is 0. The molecule has 122 valence electrons. The van der Waals surface area contributed by atoms with Crippen LogP contribution < -0.4 is 5.32 Å². The summed E-state index contributed by atoms with van der Waals surface area (Å²) in [4.78, 5) is 2.40. The van der Waals surface area contributed by atoms with Crippen LogP contribution in [0.2, 0.25) is 0 Å². The van der Waals surface area contributed by atoms with Gasteiger partial charge in [-0.1, -0.05) is 0 Å². The smallest absolute Gasteiger partial charge is 0.105 e. The van der Waals surface area contributed by atoms with E-state index in [9.17, 15) is 5.26 Å². The lowest BCUT2D eigenvalue weighted by Crippen LogP contribution is -2.49. The molecule has 0 aromatic heterocycles. The highest BCUT2D eigenvalue weighted by Crippen LogP contribution is 2.25. The summed E-state index contributed by atoms with van der Waals surface area (Å²) in [6, 6.07) is 3.35. The van der Waals surface area contributed by atoms with Gasteiger partial charge in [0.1, 0.15) is 5.54 Å². The molecule has 1 aliphatic rings. The van der Waals surface area contributed by atoms with Crippen LogP contribution in [0, 0.1) is 11.3 Å². The van der Waals surface area contributed by atoms with Crippen LogP contribution in [0.3, 0.4) is 0 Å². The highest BCUT2D eigenvalue weighted by Gasteiger charge is 2.34. The Balaban J connectivity index is 2.51. The van der Waals surface area contributed by atoms with E-state index in [2.05, 4.69) is 23.2 Å². The summed E-state index contributed by atoms with van der Waals surface area (Å²) in [6.45, 7) is 7.58. The molecule has 5 nitrogen and oxygen atoms in total. The lowest BCUT2D eigenvalue weighted by Gasteiger charge is -2.34. The van der Waals surface area contributed by atoms with Crippen molar-refractivity contribution in [3.63, 3.8) is 0 Å². The van der Waals surface area contributed by atoms with Gasteiger partial charge in [0.2, 0.25) is 0 Å². The Morgan fingerprint density at radius 3 is 2.48 bits per heavy atom. The fourth-order valence-electron chi connectivity index (χ4n) is 2.71. The number of hydrogen-bond acceptors (Lipinski definition) is 5. The number of hydrogen-bond donors (Lipinski definition) is 1. The van der Waals surface area contributed by atoms with Gasteiger partial charge in [0.25, 0.3) is 0 Å². The van der Waals surface area contributed by atoms with Gasteiger partial charge < -0.3 is 9.47 Å². The summed E-state index contributed by atoms with van der Waals surface area (Å²) in [5, 5.41) is 13.0. The number of nitrogens with zero attached hydrogens (tertiary/aromatic N) is 2. The maximum Gasteiger partial charge on any atom is 0.105 e. The molecular weight excluding hydrogens is 266 g/mol. The van der Waals surface area contributed by atoms with Gasteiger partial charge in [-0.15, -0.1) is 0 Å². The lowest BCUT2D eigenvalue weighted by molar-refractivity contribution is 0.101. The SMILES string of the molecule is COCCCN(CCOC)C(C)CC(C)(C#N)NC1CC1. The van der Waals surface area contributed by atoms with Crippen LogP contribution in [0.25, 0.3) is 0 Å². The van der Waals surface area contributed by atoms with E-state index in [1.165, 1.54) is 12.8 Å². The first-order valence-electron chi connectivity index (χ1n) is 7.95. The molecule has 1 fully saturated rings. The van der Waals surface area contributed by atoms with E-state index in [0.29, 0.717) is 12.1 Å². The van der Waals surface area contributed by atoms with E-state index in [-0.39, 0.29) is 0 Å². The van der Waals surface area contributed by atoms with E-state index in [1.807, 2.05) is 6.92 Å². The third-order valence-electron chi connectivity index (χ3n) is 4.05. The zero-order valence-corrected chi connectivity index (χ0v) is 14.0. The maximum atomic E-state index is 9.51. The Morgan fingerprint density at radius 2 is 1.95 bits per heavy atom. The number of nitriles is 1. The molecule has 0 aliphatic heterocycles. The highest BCUT2D eigenvalue weighted by molar-refractivity contribution is 5.08. The summed E-state index contributed by atoms with van der Waals surface area (Å²) in [5.41, 5.74) is -0.437. The third kappa shape index (κ3) is 7.23. The van der Waals surface area contributed by atoms with Crippen LogP contribution in [0.4, 0.5) is 0 Å². The molecule has 0 aromatic carbocycles. The Bertz CT molecular complexity index is 328. The molecule has 0 bridgehead atoms. The van der Waals surface area contributed by atoms with Crippen molar-refractivity contribution in [2.45, 2.75) is 57.2 Å². The number of methoxy groups -OCH3 is 2. The number of nitrogens with one attached hydrogen (secondary N) is 1. The van der Waals surface area contributed by atoms with Crippen molar-refractivity contribution in [3.8, 4) is 6.07 Å². The average Bonchev–Trinajstić information content (AvgIpc) is 3.26. The van der Waals surface area contributed by atoms with Gasteiger partial charge in [-0.3, -0.25) is 10.2 Å². The molecule has 2 atom stereocenters. The van der Waals surface area contributed by atoms with Crippen LogP contribution in [-0.2, 0) is 9.47 Å². The molecule has 1 saturated carbocycles. The summed E-state index contributed by atoms with van der Waals surface area (Å²) in [5.74, 6) is 0. The normalized spacial score (nSPS) is 19.2. The first kappa shape index (κ1) is 18.4. The summed E-state index contributed by atoms with van der Waals surface area (Å²) in [6.07, 6.45) is 4.24. The Morgan fingerprint density at radius 1 is 1.29 bits per heavy atom. The predicted molar refractivity (Wildman–Crippen MR) is 84.2 cm³/mol. The molecule has 0 aromatic rings. The van der Waals surface area contributed by atoms with Crippen molar-refractivity contribution in [3.05, 3.63) is 0 Å². The summed E-state index contributed by atoms with van der Waals surface area (Å²) < 4.78 is 10.3. The van der Waals surface area contributed by atoms with Crippen molar-refractivity contribution >= 4 is 0 Å². The van der Waals surface area contributed by atoms with E-state index in [0.717, 1.165) is 39.1 Å². The van der Waals surface area contributed by atoms with Gasteiger partial charge in [-0.05, 0) is 39.5 Å². The molecule has 1 aliphatic carbocycles. The van der Waals surface area contributed by atoms with Crippen molar-refractivity contribution in [2.75, 3.05) is 40.5 Å². The largest absolute Gasteiger partial charge is 0.385 e. The second-order valence-electron chi connectivity index (χ2n) is 6.29. The molecule has 0 spiro atoms. The van der Waals surface area contributed by atoms with Gasteiger partial charge in [-0.25, -0.2) is 0 Å². The Hall–Kier alpha value is -0.670. The van der Waals surface area contributed by atoms with Crippen molar-refractivity contribution in [1.82, 2.24) is 10.2 Å². The molecule has 5 heteroatoms. The lowest BCUT2D eigenvalue weighted by atomic mass is 9.94. The molecule has 0 saturated heterocycles. The third-order valence-corrected chi connectivity index (χ3v) is 4.05. The van der Waals surface area contributed by atoms with Gasteiger partial charge >= 0.3 is 0 Å². The zero-order chi connectivity index (χ0) is 15.7. The minimum atomic E-state index is -0.437. The Labute approximate surface area is 129 Å². The standard InChI is InChI=1S/C16H31N3O2/c1-14(12-16(2,13-17)18-15-6-7-15)19(9-11-21-4)8-5-10-20-3/h14-15,18H,5-12H2,1-4H3. The maximum absolute atomic E-state index is 9.51. The quantitative estimate of drug-likeness (QED) is 0.557. The molecule has 21 heavy (non-hydrogen) atoms. The second-order valence-corrected chi connectivity index (χ2v) is 6.29. The molecule has 1 N–H and O–H groups in total. The second kappa shape index (κ2) is 9.37. The van der Waals surface area contributed by atoms with Gasteiger partial charge in [0.05, 0.1) is 12.7 Å². The monoisotopic (exact) mass is 297 g/mol. The van der Waals surface area contributed by atoms with Gasteiger partial charge in [0.15, 0.2) is 0 Å². The van der Waals surface area contributed by atoms with Crippen molar-refractivity contribution in [2.24, 2.45) is 0 Å². The summed E-state index contributed by atoms with van der Waals surface area (Å²) in [7, 11) is 3.46. The highest BCUT2D eigenvalue weighted by atomic mass is 16.5. The minimum absolute atomic E-state index is 0.341. The topological polar surface area (TPSA) is 57.5 Å². The van der Waals surface area contributed by atoms with E-state index in [4.69, 9.17) is 9.47 Å². The van der Waals surface area contributed by atoms with Crippen molar-refractivity contribution < 1.29 is 9.47 Å². The molecular formula is C16H31N3O2. The average molecular weight is 297 g/mol. The molecule has 2 unspecified atom stereocenters. The Kier molecular flexibility index (Phi) is 8.20. The van der Waals surface area contributed by atoms with Crippen LogP contribution in [0.15, 0.2) is 0 Å². The van der Waals surface area contributed by atoms with Crippen LogP contribution >= 0.6 is 0 Å². The van der Waals surface area contributed by atoms with E-state index < -0.39 is 5.54 Å². The molecule has 1 rings (SSSR count). The fraction of sp³-hybridized carbons (Fsp3) is 0.938. The van der Waals surface area contributed by atoms with E-state index in [1.54, 1.807) is 14.2 Å². The van der Waals surface area contributed by atoms with Gasteiger partial charge in [0, 0.05) is 46.0 Å². The minimum Gasteiger partial charge on any atom is -0.385 e. The van der Waals surface area contributed by atoms with Gasteiger partial charge in [-0.2, -0.15) is 5.26 Å². The fourth-order valence-corrected chi connectivity index (χ4v) is 2.71. The first-order chi connectivity index (χ1) is 10.0. The number of ether oxygens (including phenoxy) is 2. The number of rotatable bonds is 12. The predicted octanol–water partition coefficient (Wildman–Crippen LogP) is 1.78. The molecule has 0 heterocycles. The van der Waals surface area contributed by atoms with Crippen LogP contribution in [0.5, 0.6) is 0 Å². The van der Waals surface area contributed by atoms with Crippen LogP contribution in [0.1, 0.15) is 39.5 Å². The van der Waals surface area contributed by atoms with Crippen LogP contribution in [-0.4, -0.2) is 63.0 Å². The zero-order valence-electron chi connectivity index (χ0n) is 14.0. The molecule has 0 radical (unpaired) electrons.